The summed E-state index contributed by atoms with van der Waals surface area (Å²) >= 11 is 1.63. The van der Waals surface area contributed by atoms with Crippen molar-refractivity contribution in [3.05, 3.63) is 48.0 Å². The number of para-hydroxylation sites is 2. The number of amides is 2. The highest BCUT2D eigenvalue weighted by Crippen LogP contribution is 2.35. The van der Waals surface area contributed by atoms with E-state index in [0.29, 0.717) is 30.0 Å². The lowest BCUT2D eigenvalue weighted by molar-refractivity contribution is -0.115. The van der Waals surface area contributed by atoms with Gasteiger partial charge < -0.3 is 15.0 Å². The van der Waals surface area contributed by atoms with Crippen LogP contribution in [0.15, 0.2) is 47.4 Å². The van der Waals surface area contributed by atoms with Gasteiger partial charge in [0.05, 0.1) is 17.9 Å². The molecule has 0 unspecified atom stereocenters. The minimum atomic E-state index is -0.0890. The van der Waals surface area contributed by atoms with Crippen LogP contribution in [0.4, 0.5) is 11.4 Å². The van der Waals surface area contributed by atoms with Crippen LogP contribution < -0.4 is 15.0 Å². The fraction of sp³-hybridized carbons (Fsp3) is 0.263. The SMILES string of the molecule is C[C@H]1CN(C(=O)c2ccc3c(c2)NC(=O)CCS3)c2ccccc2O1. The Morgan fingerprint density at radius 2 is 2.12 bits per heavy atom. The van der Waals surface area contributed by atoms with E-state index in [2.05, 4.69) is 5.32 Å². The summed E-state index contributed by atoms with van der Waals surface area (Å²) in [5.74, 6) is 1.36. The minimum absolute atomic E-state index is 0.0128. The lowest BCUT2D eigenvalue weighted by Crippen LogP contribution is -2.42. The van der Waals surface area contributed by atoms with Gasteiger partial charge in [-0.2, -0.15) is 0 Å². The van der Waals surface area contributed by atoms with Gasteiger partial charge in [-0.3, -0.25) is 9.59 Å². The molecule has 5 nitrogen and oxygen atoms in total. The van der Waals surface area contributed by atoms with Crippen molar-refractivity contribution < 1.29 is 14.3 Å². The predicted octanol–water partition coefficient (Wildman–Crippen LogP) is 3.55. The zero-order valence-electron chi connectivity index (χ0n) is 13.8. The van der Waals surface area contributed by atoms with Crippen molar-refractivity contribution in [3.8, 4) is 5.75 Å². The number of thioether (sulfide) groups is 1. The van der Waals surface area contributed by atoms with Crippen LogP contribution >= 0.6 is 11.8 Å². The standard InChI is InChI=1S/C19H18N2O3S/c1-12-11-21(15-4-2-3-5-16(15)24-12)19(23)13-6-7-17-14(10-13)20-18(22)8-9-25-17/h2-7,10,12H,8-9,11H2,1H3,(H,20,22)/t12-/m0/s1. The van der Waals surface area contributed by atoms with E-state index < -0.39 is 0 Å². The second-order valence-corrected chi connectivity index (χ2v) is 7.31. The van der Waals surface area contributed by atoms with Gasteiger partial charge in [0, 0.05) is 22.6 Å². The molecule has 0 saturated heterocycles. The number of nitrogens with one attached hydrogen (secondary N) is 1. The molecule has 2 aliphatic heterocycles. The molecule has 2 aliphatic rings. The zero-order valence-corrected chi connectivity index (χ0v) is 14.6. The highest BCUT2D eigenvalue weighted by molar-refractivity contribution is 7.99. The third-order valence-electron chi connectivity index (χ3n) is 4.26. The average Bonchev–Trinajstić information content (AvgIpc) is 2.80. The predicted molar refractivity (Wildman–Crippen MR) is 98.6 cm³/mol. The maximum atomic E-state index is 13.1. The first-order chi connectivity index (χ1) is 12.1. The largest absolute Gasteiger partial charge is 0.487 e. The van der Waals surface area contributed by atoms with Crippen molar-refractivity contribution in [3.63, 3.8) is 0 Å². The topological polar surface area (TPSA) is 58.6 Å². The van der Waals surface area contributed by atoms with Crippen molar-refractivity contribution >= 4 is 35.0 Å². The lowest BCUT2D eigenvalue weighted by Gasteiger charge is -2.33. The van der Waals surface area contributed by atoms with Gasteiger partial charge in [-0.25, -0.2) is 0 Å². The summed E-state index contributed by atoms with van der Waals surface area (Å²) in [6.45, 7) is 2.44. The van der Waals surface area contributed by atoms with Crippen molar-refractivity contribution in [2.45, 2.75) is 24.3 Å². The van der Waals surface area contributed by atoms with Gasteiger partial charge in [0.1, 0.15) is 11.9 Å². The van der Waals surface area contributed by atoms with E-state index in [9.17, 15) is 9.59 Å². The maximum Gasteiger partial charge on any atom is 0.258 e. The zero-order chi connectivity index (χ0) is 17.4. The molecule has 2 amide bonds. The molecule has 1 atom stereocenters. The summed E-state index contributed by atoms with van der Waals surface area (Å²) in [5.41, 5.74) is 2.05. The van der Waals surface area contributed by atoms with E-state index in [0.717, 1.165) is 16.3 Å². The molecule has 0 fully saturated rings. The highest BCUT2D eigenvalue weighted by atomic mass is 32.2. The number of carbonyl (C=O) groups excluding carboxylic acids is 2. The fourth-order valence-corrected chi connectivity index (χ4v) is 4.03. The quantitative estimate of drug-likeness (QED) is 0.851. The fourth-order valence-electron chi connectivity index (χ4n) is 3.09. The number of hydrogen-bond acceptors (Lipinski definition) is 4. The molecule has 2 aromatic rings. The van der Waals surface area contributed by atoms with E-state index in [1.807, 2.05) is 43.3 Å². The molecular weight excluding hydrogens is 336 g/mol. The van der Waals surface area contributed by atoms with E-state index in [1.54, 1.807) is 22.7 Å². The van der Waals surface area contributed by atoms with Gasteiger partial charge in [-0.15, -0.1) is 11.8 Å². The van der Waals surface area contributed by atoms with Crippen LogP contribution in [-0.4, -0.2) is 30.2 Å². The van der Waals surface area contributed by atoms with Gasteiger partial charge in [0.2, 0.25) is 5.91 Å². The van der Waals surface area contributed by atoms with E-state index >= 15 is 0 Å². The van der Waals surface area contributed by atoms with Crippen LogP contribution in [0.5, 0.6) is 5.75 Å². The molecular formula is C19H18N2O3S. The summed E-state index contributed by atoms with van der Waals surface area (Å²) in [6, 6.07) is 13.1. The Balaban J connectivity index is 1.69. The second kappa shape index (κ2) is 6.44. The van der Waals surface area contributed by atoms with Gasteiger partial charge in [-0.05, 0) is 37.3 Å². The Kier molecular flexibility index (Phi) is 4.13. The van der Waals surface area contributed by atoms with Gasteiger partial charge in [0.25, 0.3) is 5.91 Å². The molecule has 128 valence electrons. The Labute approximate surface area is 150 Å². The van der Waals surface area contributed by atoms with Crippen LogP contribution in [0, 0.1) is 0 Å². The van der Waals surface area contributed by atoms with Crippen LogP contribution in [0.3, 0.4) is 0 Å². The van der Waals surface area contributed by atoms with Crippen molar-refractivity contribution in [2.75, 3.05) is 22.5 Å². The van der Waals surface area contributed by atoms with Crippen LogP contribution in [0.25, 0.3) is 0 Å². The average molecular weight is 354 g/mol. The highest BCUT2D eigenvalue weighted by Gasteiger charge is 2.28. The number of anilines is 2. The molecule has 0 aromatic heterocycles. The second-order valence-electron chi connectivity index (χ2n) is 6.17. The first-order valence-electron chi connectivity index (χ1n) is 8.26. The Bertz CT molecular complexity index is 852. The number of fused-ring (bicyclic) bond motifs is 2. The third kappa shape index (κ3) is 3.09. The van der Waals surface area contributed by atoms with E-state index in [4.69, 9.17) is 4.74 Å². The number of carbonyl (C=O) groups is 2. The van der Waals surface area contributed by atoms with Gasteiger partial charge in [0.15, 0.2) is 0 Å². The van der Waals surface area contributed by atoms with Crippen molar-refractivity contribution in [1.82, 2.24) is 0 Å². The number of hydrogen-bond donors (Lipinski definition) is 1. The minimum Gasteiger partial charge on any atom is -0.487 e. The van der Waals surface area contributed by atoms with Crippen molar-refractivity contribution in [1.29, 1.82) is 0 Å². The molecule has 2 heterocycles. The Morgan fingerprint density at radius 3 is 3.00 bits per heavy atom. The molecule has 4 rings (SSSR count). The van der Waals surface area contributed by atoms with Gasteiger partial charge in [-0.1, -0.05) is 12.1 Å². The normalized spacial score (nSPS) is 19.2. The van der Waals surface area contributed by atoms with Crippen LogP contribution in [0.1, 0.15) is 23.7 Å². The summed E-state index contributed by atoms with van der Waals surface area (Å²) in [4.78, 5) is 27.7. The summed E-state index contributed by atoms with van der Waals surface area (Å²) in [6.07, 6.45) is 0.409. The number of benzene rings is 2. The molecule has 25 heavy (non-hydrogen) atoms. The Hall–Kier alpha value is -2.47. The summed E-state index contributed by atoms with van der Waals surface area (Å²) in [5, 5.41) is 2.89. The Morgan fingerprint density at radius 1 is 1.28 bits per heavy atom. The number of rotatable bonds is 1. The third-order valence-corrected chi connectivity index (χ3v) is 5.33. The summed E-state index contributed by atoms with van der Waals surface area (Å²) in [7, 11) is 0. The van der Waals surface area contributed by atoms with Crippen LogP contribution in [-0.2, 0) is 4.79 Å². The molecule has 2 aromatic carbocycles. The monoisotopic (exact) mass is 354 g/mol. The van der Waals surface area contributed by atoms with Crippen LogP contribution in [0.2, 0.25) is 0 Å². The smallest absolute Gasteiger partial charge is 0.258 e. The molecule has 0 radical (unpaired) electrons. The lowest BCUT2D eigenvalue weighted by atomic mass is 10.1. The summed E-state index contributed by atoms with van der Waals surface area (Å²) < 4.78 is 5.81. The van der Waals surface area contributed by atoms with E-state index in [-0.39, 0.29) is 17.9 Å². The molecule has 0 spiro atoms. The number of ether oxygens (including phenoxy) is 1. The molecule has 6 heteroatoms. The first kappa shape index (κ1) is 16.0. The maximum absolute atomic E-state index is 13.1. The number of nitrogens with zero attached hydrogens (tertiary/aromatic N) is 1. The molecule has 0 saturated carbocycles. The van der Waals surface area contributed by atoms with Crippen molar-refractivity contribution in [2.24, 2.45) is 0 Å². The van der Waals surface area contributed by atoms with Gasteiger partial charge >= 0.3 is 0 Å². The molecule has 0 bridgehead atoms. The molecule has 1 N–H and O–H groups in total. The molecule has 0 aliphatic carbocycles. The van der Waals surface area contributed by atoms with E-state index in [1.165, 1.54) is 0 Å². The first-order valence-corrected chi connectivity index (χ1v) is 9.24.